The third-order valence-electron chi connectivity index (χ3n) is 3.04. The Hall–Kier alpha value is -1.55. The summed E-state index contributed by atoms with van der Waals surface area (Å²) >= 11 is 5.94. The summed E-state index contributed by atoms with van der Waals surface area (Å²) < 4.78 is 2.02. The molecule has 1 N–H and O–H groups in total. The molecule has 0 fully saturated rings. The molecule has 0 radical (unpaired) electrons. The number of hydrogen-bond acceptors (Lipinski definition) is 2. The fraction of sp³-hybridized carbons (Fsp3) is 0.429. The number of hydrogen-bond donors (Lipinski definition) is 1. The van der Waals surface area contributed by atoms with Crippen molar-refractivity contribution in [1.82, 2.24) is 14.9 Å². The van der Waals surface area contributed by atoms with Crippen LogP contribution < -0.4 is 5.32 Å². The van der Waals surface area contributed by atoms with E-state index in [-0.39, 0.29) is 5.91 Å². The average molecular weight is 280 g/mol. The van der Waals surface area contributed by atoms with Crippen LogP contribution in [-0.4, -0.2) is 22.0 Å². The number of benzene rings is 1. The summed E-state index contributed by atoms with van der Waals surface area (Å²) in [5.41, 5.74) is 3.14. The summed E-state index contributed by atoms with van der Waals surface area (Å²) in [6, 6.07) is 6.12. The van der Waals surface area contributed by atoms with E-state index in [1.165, 1.54) is 5.56 Å². The smallest absolute Gasteiger partial charge is 0.221 e. The first-order chi connectivity index (χ1) is 9.15. The Morgan fingerprint density at radius 3 is 2.95 bits per heavy atom. The Morgan fingerprint density at radius 1 is 1.47 bits per heavy atom. The predicted octanol–water partition coefficient (Wildman–Crippen LogP) is 2.61. The van der Waals surface area contributed by atoms with Crippen LogP contribution >= 0.6 is 11.6 Å². The van der Waals surface area contributed by atoms with Crippen molar-refractivity contribution in [2.75, 3.05) is 6.54 Å². The van der Waals surface area contributed by atoms with Gasteiger partial charge < -0.3 is 9.88 Å². The van der Waals surface area contributed by atoms with Crippen molar-refractivity contribution in [1.29, 1.82) is 0 Å². The number of halogens is 1. The molecule has 0 atom stereocenters. The van der Waals surface area contributed by atoms with Crippen LogP contribution in [0.1, 0.15) is 24.7 Å². The van der Waals surface area contributed by atoms with Gasteiger partial charge in [-0.3, -0.25) is 4.79 Å². The van der Waals surface area contributed by atoms with E-state index in [0.29, 0.717) is 25.4 Å². The second-order valence-electron chi connectivity index (χ2n) is 4.51. The van der Waals surface area contributed by atoms with Crippen LogP contribution in [0.5, 0.6) is 0 Å². The minimum atomic E-state index is 0.0528. The molecule has 102 valence electrons. The molecule has 1 aromatic heterocycles. The number of aromatic nitrogens is 2. The fourth-order valence-electron chi connectivity index (χ4n) is 2.14. The standard InChI is InChI=1S/C14H18ClN3O/c1-3-16-14(19)6-7-18-12-5-4-10(2)8-11(12)17-13(18)9-15/h4-5,8H,3,6-7,9H2,1-2H3,(H,16,19). The third kappa shape index (κ3) is 3.07. The topological polar surface area (TPSA) is 46.9 Å². The van der Waals surface area contributed by atoms with Crippen LogP contribution in [-0.2, 0) is 17.2 Å². The summed E-state index contributed by atoms with van der Waals surface area (Å²) in [5, 5.41) is 2.80. The first-order valence-electron chi connectivity index (χ1n) is 6.44. The van der Waals surface area contributed by atoms with Crippen LogP contribution in [0.15, 0.2) is 18.2 Å². The van der Waals surface area contributed by atoms with E-state index < -0.39 is 0 Å². The molecule has 0 aliphatic rings. The largest absolute Gasteiger partial charge is 0.356 e. The van der Waals surface area contributed by atoms with E-state index in [1.807, 2.05) is 36.6 Å². The zero-order chi connectivity index (χ0) is 13.8. The van der Waals surface area contributed by atoms with E-state index >= 15 is 0 Å². The highest BCUT2D eigenvalue weighted by atomic mass is 35.5. The molecule has 0 bridgehead atoms. The molecule has 0 aliphatic carbocycles. The summed E-state index contributed by atoms with van der Waals surface area (Å²) in [6.07, 6.45) is 0.442. The maximum Gasteiger partial charge on any atom is 0.221 e. The van der Waals surface area contributed by atoms with Crippen molar-refractivity contribution in [3.8, 4) is 0 Å². The molecule has 0 saturated carbocycles. The van der Waals surface area contributed by atoms with Gasteiger partial charge in [0.2, 0.25) is 5.91 Å². The monoisotopic (exact) mass is 279 g/mol. The average Bonchev–Trinajstić information content (AvgIpc) is 2.73. The Morgan fingerprint density at radius 2 is 2.26 bits per heavy atom. The maximum atomic E-state index is 11.6. The number of carbonyl (C=O) groups excluding carboxylic acids is 1. The molecule has 19 heavy (non-hydrogen) atoms. The molecule has 0 unspecified atom stereocenters. The van der Waals surface area contributed by atoms with Crippen LogP contribution in [0.25, 0.3) is 11.0 Å². The van der Waals surface area contributed by atoms with Crippen molar-refractivity contribution in [3.63, 3.8) is 0 Å². The maximum absolute atomic E-state index is 11.6. The Labute approximate surface area is 117 Å². The van der Waals surface area contributed by atoms with Gasteiger partial charge in [-0.25, -0.2) is 4.98 Å². The van der Waals surface area contributed by atoms with Crippen LogP contribution in [0.4, 0.5) is 0 Å². The predicted molar refractivity (Wildman–Crippen MR) is 77.3 cm³/mol. The second-order valence-corrected chi connectivity index (χ2v) is 4.78. The van der Waals surface area contributed by atoms with Gasteiger partial charge in [-0.05, 0) is 31.5 Å². The van der Waals surface area contributed by atoms with Crippen molar-refractivity contribution >= 4 is 28.5 Å². The van der Waals surface area contributed by atoms with E-state index in [1.54, 1.807) is 0 Å². The molecule has 1 aromatic carbocycles. The van der Waals surface area contributed by atoms with Gasteiger partial charge in [-0.1, -0.05) is 6.07 Å². The number of fused-ring (bicyclic) bond motifs is 1. The summed E-state index contributed by atoms with van der Waals surface area (Å²) in [7, 11) is 0. The molecule has 1 amide bonds. The van der Waals surface area contributed by atoms with Gasteiger partial charge in [0.25, 0.3) is 0 Å². The van der Waals surface area contributed by atoms with E-state index in [4.69, 9.17) is 11.6 Å². The molecular formula is C14H18ClN3O. The molecule has 0 saturated heterocycles. The molecule has 0 aliphatic heterocycles. The van der Waals surface area contributed by atoms with Gasteiger partial charge in [0.15, 0.2) is 0 Å². The van der Waals surface area contributed by atoms with Gasteiger partial charge in [-0.15, -0.1) is 11.6 Å². The number of nitrogens with one attached hydrogen (secondary N) is 1. The number of amides is 1. The lowest BCUT2D eigenvalue weighted by atomic mass is 10.2. The van der Waals surface area contributed by atoms with Gasteiger partial charge in [0.1, 0.15) is 5.82 Å². The lowest BCUT2D eigenvalue weighted by molar-refractivity contribution is -0.121. The second kappa shape index (κ2) is 6.06. The van der Waals surface area contributed by atoms with Gasteiger partial charge in [0.05, 0.1) is 16.9 Å². The first-order valence-corrected chi connectivity index (χ1v) is 6.97. The molecule has 5 heteroatoms. The fourth-order valence-corrected chi connectivity index (χ4v) is 2.34. The van der Waals surface area contributed by atoms with Gasteiger partial charge in [0, 0.05) is 19.5 Å². The van der Waals surface area contributed by atoms with E-state index in [0.717, 1.165) is 16.9 Å². The Kier molecular flexibility index (Phi) is 4.43. The summed E-state index contributed by atoms with van der Waals surface area (Å²) in [5.74, 6) is 1.21. The number of nitrogens with zero attached hydrogens (tertiary/aromatic N) is 2. The highest BCUT2D eigenvalue weighted by Gasteiger charge is 2.11. The summed E-state index contributed by atoms with van der Waals surface area (Å²) in [6.45, 7) is 5.21. The van der Waals surface area contributed by atoms with Crippen LogP contribution in [0.3, 0.4) is 0 Å². The van der Waals surface area contributed by atoms with Gasteiger partial charge >= 0.3 is 0 Å². The molecule has 4 nitrogen and oxygen atoms in total. The summed E-state index contributed by atoms with van der Waals surface area (Å²) in [4.78, 5) is 16.1. The number of rotatable bonds is 5. The number of carbonyl (C=O) groups is 1. The van der Waals surface area contributed by atoms with Gasteiger partial charge in [-0.2, -0.15) is 0 Å². The van der Waals surface area contributed by atoms with Crippen molar-refractivity contribution in [2.24, 2.45) is 0 Å². The van der Waals surface area contributed by atoms with E-state index in [2.05, 4.69) is 10.3 Å². The zero-order valence-electron chi connectivity index (χ0n) is 11.2. The van der Waals surface area contributed by atoms with Crippen molar-refractivity contribution in [2.45, 2.75) is 32.7 Å². The SMILES string of the molecule is CCNC(=O)CCn1c(CCl)nc2cc(C)ccc21. The molecule has 2 aromatic rings. The van der Waals surface area contributed by atoms with Crippen molar-refractivity contribution < 1.29 is 4.79 Å². The highest BCUT2D eigenvalue weighted by Crippen LogP contribution is 2.19. The zero-order valence-corrected chi connectivity index (χ0v) is 12.0. The lowest BCUT2D eigenvalue weighted by Gasteiger charge is -2.07. The number of aryl methyl sites for hydroxylation is 2. The minimum absolute atomic E-state index is 0.0528. The molecule has 1 heterocycles. The van der Waals surface area contributed by atoms with Crippen molar-refractivity contribution in [3.05, 3.63) is 29.6 Å². The Bertz CT molecular complexity index is 592. The number of alkyl halides is 1. The molecule has 2 rings (SSSR count). The highest BCUT2D eigenvalue weighted by molar-refractivity contribution is 6.16. The quantitative estimate of drug-likeness (QED) is 0.855. The number of imidazole rings is 1. The first kappa shape index (κ1) is 13.9. The minimum Gasteiger partial charge on any atom is -0.356 e. The van der Waals surface area contributed by atoms with Crippen LogP contribution in [0, 0.1) is 6.92 Å². The van der Waals surface area contributed by atoms with Crippen LogP contribution in [0.2, 0.25) is 0 Å². The third-order valence-corrected chi connectivity index (χ3v) is 3.28. The van der Waals surface area contributed by atoms with E-state index in [9.17, 15) is 4.79 Å². The normalized spacial score (nSPS) is 10.9. The molecular weight excluding hydrogens is 262 g/mol. The Balaban J connectivity index is 2.27. The lowest BCUT2D eigenvalue weighted by Crippen LogP contribution is -2.24. The molecule has 0 spiro atoms.